The number of carbonyl (C=O) groups excluding carboxylic acids is 1. The van der Waals surface area contributed by atoms with E-state index >= 15 is 0 Å². The van der Waals surface area contributed by atoms with E-state index in [0.29, 0.717) is 0 Å². The van der Waals surface area contributed by atoms with Gasteiger partial charge < -0.3 is 5.11 Å². The molecule has 1 heterocycles. The lowest BCUT2D eigenvalue weighted by Crippen LogP contribution is -2.15. The molecule has 0 spiro atoms. The minimum atomic E-state index is -0.818. The van der Waals surface area contributed by atoms with Crippen LogP contribution in [0.3, 0.4) is 0 Å². The molecule has 0 aliphatic heterocycles. The van der Waals surface area contributed by atoms with Crippen LogP contribution in [0.25, 0.3) is 5.57 Å². The van der Waals surface area contributed by atoms with E-state index in [2.05, 4.69) is 11.9 Å². The molecule has 1 aromatic heterocycles. The number of allylic oxidation sites excluding steroid dienone is 2. The molecule has 2 rings (SSSR count). The number of nitrogens with zero attached hydrogens (tertiary/aromatic N) is 1. The Bertz CT molecular complexity index is 589. The van der Waals surface area contributed by atoms with Gasteiger partial charge in [-0.15, -0.1) is 0 Å². The summed E-state index contributed by atoms with van der Waals surface area (Å²) in [4.78, 5) is 27.6. The van der Waals surface area contributed by atoms with Gasteiger partial charge in [-0.2, -0.15) is 0 Å². The molecule has 1 atom stereocenters. The minimum absolute atomic E-state index is 0.0390. The van der Waals surface area contributed by atoms with Gasteiger partial charge in [0.2, 0.25) is 0 Å². The van der Waals surface area contributed by atoms with Gasteiger partial charge in [-0.25, -0.2) is 0 Å². The summed E-state index contributed by atoms with van der Waals surface area (Å²) in [6.07, 6.45) is 5.14. The first-order chi connectivity index (χ1) is 10.0. The fourth-order valence-electron chi connectivity index (χ4n) is 3.17. The summed E-state index contributed by atoms with van der Waals surface area (Å²) < 4.78 is 0. The summed E-state index contributed by atoms with van der Waals surface area (Å²) in [7, 11) is 0. The van der Waals surface area contributed by atoms with Crippen LogP contribution in [0.15, 0.2) is 23.9 Å². The van der Waals surface area contributed by atoms with E-state index < -0.39 is 5.97 Å². The molecule has 21 heavy (non-hydrogen) atoms. The predicted octanol–water partition coefficient (Wildman–Crippen LogP) is 3.58. The number of hydrogen-bond acceptors (Lipinski definition) is 3. The molecule has 0 aromatic carbocycles. The Morgan fingerprint density at radius 2 is 2.19 bits per heavy atom. The maximum atomic E-state index is 12.1. The van der Waals surface area contributed by atoms with Crippen molar-refractivity contribution in [3.63, 3.8) is 0 Å². The Kier molecular flexibility index (Phi) is 4.89. The highest BCUT2D eigenvalue weighted by Crippen LogP contribution is 2.37. The highest BCUT2D eigenvalue weighted by molar-refractivity contribution is 6.20. The third kappa shape index (κ3) is 3.38. The zero-order valence-corrected chi connectivity index (χ0v) is 12.6. The lowest BCUT2D eigenvalue weighted by Gasteiger charge is -2.23. The van der Waals surface area contributed by atoms with E-state index in [1.807, 2.05) is 12.1 Å². The van der Waals surface area contributed by atoms with E-state index in [1.165, 1.54) is 0 Å². The standard InChI is InChI=1S/C17H21NO3/c1-3-12-6-4-7-13(10-15(20)21)17-14(8-5-9-18-17)16(12)11(2)19/h5,8-9,13H,3-4,6-7,10H2,1-2H3,(H,20,21). The molecule has 1 N–H and O–H groups in total. The smallest absolute Gasteiger partial charge is 0.304 e. The van der Waals surface area contributed by atoms with Gasteiger partial charge in [0.05, 0.1) is 12.1 Å². The van der Waals surface area contributed by atoms with Gasteiger partial charge in [0.15, 0.2) is 5.78 Å². The first kappa shape index (κ1) is 15.4. The monoisotopic (exact) mass is 287 g/mol. The second-order valence-electron chi connectivity index (χ2n) is 5.51. The maximum Gasteiger partial charge on any atom is 0.304 e. The summed E-state index contributed by atoms with van der Waals surface area (Å²) in [6.45, 7) is 3.64. The molecule has 1 aliphatic rings. The van der Waals surface area contributed by atoms with Crippen LogP contribution >= 0.6 is 0 Å². The lowest BCUT2D eigenvalue weighted by atomic mass is 9.82. The van der Waals surface area contributed by atoms with Crippen molar-refractivity contribution in [3.8, 4) is 0 Å². The summed E-state index contributed by atoms with van der Waals surface area (Å²) in [5.41, 5.74) is 3.49. The molecule has 4 nitrogen and oxygen atoms in total. The van der Waals surface area contributed by atoms with Crippen molar-refractivity contribution >= 4 is 17.3 Å². The Balaban J connectivity index is 2.60. The van der Waals surface area contributed by atoms with Gasteiger partial charge in [0.1, 0.15) is 0 Å². The van der Waals surface area contributed by atoms with Crippen LogP contribution in [-0.4, -0.2) is 21.8 Å². The third-order valence-corrected chi connectivity index (χ3v) is 4.08. The Morgan fingerprint density at radius 1 is 1.43 bits per heavy atom. The van der Waals surface area contributed by atoms with E-state index in [4.69, 9.17) is 5.11 Å². The van der Waals surface area contributed by atoms with Crippen molar-refractivity contribution in [1.82, 2.24) is 4.98 Å². The van der Waals surface area contributed by atoms with Crippen molar-refractivity contribution < 1.29 is 14.7 Å². The van der Waals surface area contributed by atoms with Gasteiger partial charge in [-0.1, -0.05) is 18.6 Å². The number of aliphatic carboxylic acids is 1. The predicted molar refractivity (Wildman–Crippen MR) is 81.0 cm³/mol. The van der Waals surface area contributed by atoms with Crippen LogP contribution in [0.1, 0.15) is 63.1 Å². The van der Waals surface area contributed by atoms with Crippen molar-refractivity contribution in [1.29, 1.82) is 0 Å². The SMILES string of the molecule is CCC1=C(C(C)=O)c2cccnc2C(CC(=O)O)CCC1. The molecule has 0 bridgehead atoms. The molecule has 1 unspecified atom stereocenters. The number of pyridine rings is 1. The number of ketones is 1. The first-order valence-electron chi connectivity index (χ1n) is 7.44. The molecule has 0 saturated heterocycles. The maximum absolute atomic E-state index is 12.1. The molecular formula is C17H21NO3. The van der Waals surface area contributed by atoms with E-state index in [9.17, 15) is 9.59 Å². The van der Waals surface area contributed by atoms with Crippen LogP contribution in [0.2, 0.25) is 0 Å². The van der Waals surface area contributed by atoms with Gasteiger partial charge in [-0.3, -0.25) is 14.6 Å². The quantitative estimate of drug-likeness (QED) is 0.919. The topological polar surface area (TPSA) is 67.3 Å². The van der Waals surface area contributed by atoms with E-state index in [1.54, 1.807) is 13.1 Å². The molecule has 1 aliphatic carbocycles. The van der Waals surface area contributed by atoms with Crippen LogP contribution < -0.4 is 0 Å². The highest BCUT2D eigenvalue weighted by atomic mass is 16.4. The van der Waals surface area contributed by atoms with E-state index in [0.717, 1.165) is 48.1 Å². The molecule has 0 saturated carbocycles. The van der Waals surface area contributed by atoms with Gasteiger partial charge in [0.25, 0.3) is 0 Å². The average Bonchev–Trinajstić information content (AvgIpc) is 2.42. The largest absolute Gasteiger partial charge is 0.481 e. The molecule has 0 radical (unpaired) electrons. The number of aromatic nitrogens is 1. The van der Waals surface area contributed by atoms with Crippen LogP contribution in [-0.2, 0) is 9.59 Å². The van der Waals surface area contributed by atoms with Crippen LogP contribution in [0.4, 0.5) is 0 Å². The Hall–Kier alpha value is -1.97. The van der Waals surface area contributed by atoms with Gasteiger partial charge in [0, 0.05) is 23.3 Å². The minimum Gasteiger partial charge on any atom is -0.481 e. The van der Waals surface area contributed by atoms with Crippen molar-refractivity contribution in [2.45, 2.75) is 51.9 Å². The molecule has 0 fully saturated rings. The third-order valence-electron chi connectivity index (χ3n) is 4.08. The van der Waals surface area contributed by atoms with Crippen LogP contribution in [0.5, 0.6) is 0 Å². The van der Waals surface area contributed by atoms with Crippen molar-refractivity contribution in [3.05, 3.63) is 35.2 Å². The number of rotatable bonds is 4. The average molecular weight is 287 g/mol. The van der Waals surface area contributed by atoms with Crippen LogP contribution in [0, 0.1) is 0 Å². The molecule has 1 aromatic rings. The van der Waals surface area contributed by atoms with Crippen molar-refractivity contribution in [2.24, 2.45) is 0 Å². The number of hydrogen-bond donors (Lipinski definition) is 1. The van der Waals surface area contributed by atoms with Gasteiger partial charge >= 0.3 is 5.97 Å². The fraction of sp³-hybridized carbons (Fsp3) is 0.471. The summed E-state index contributed by atoms with van der Waals surface area (Å²) in [5, 5.41) is 9.12. The Labute approximate surface area is 124 Å². The molecular weight excluding hydrogens is 266 g/mol. The Morgan fingerprint density at radius 3 is 2.81 bits per heavy atom. The molecule has 112 valence electrons. The van der Waals surface area contributed by atoms with E-state index in [-0.39, 0.29) is 18.1 Å². The summed E-state index contributed by atoms with van der Waals surface area (Å²) in [5.74, 6) is -0.898. The fourth-order valence-corrected chi connectivity index (χ4v) is 3.17. The molecule has 4 heteroatoms. The number of fused-ring (bicyclic) bond motifs is 1. The van der Waals surface area contributed by atoms with Crippen molar-refractivity contribution in [2.75, 3.05) is 0 Å². The number of carbonyl (C=O) groups is 2. The number of carboxylic acid groups (broad SMARTS) is 1. The molecule has 0 amide bonds. The first-order valence-corrected chi connectivity index (χ1v) is 7.44. The normalized spacial score (nSPS) is 18.7. The lowest BCUT2D eigenvalue weighted by molar-refractivity contribution is -0.137. The number of carboxylic acids is 1. The zero-order chi connectivity index (χ0) is 15.4. The second-order valence-corrected chi connectivity index (χ2v) is 5.51. The highest BCUT2D eigenvalue weighted by Gasteiger charge is 2.26. The zero-order valence-electron chi connectivity index (χ0n) is 12.6. The summed E-state index contributed by atoms with van der Waals surface area (Å²) in [6, 6.07) is 3.71. The second kappa shape index (κ2) is 6.66. The number of Topliss-reactive ketones (excluding diaryl/α,β-unsaturated/α-hetero) is 1. The van der Waals surface area contributed by atoms with Gasteiger partial charge in [-0.05, 0) is 38.7 Å². The summed E-state index contributed by atoms with van der Waals surface area (Å²) >= 11 is 0.